The summed E-state index contributed by atoms with van der Waals surface area (Å²) in [7, 11) is 0. The van der Waals surface area contributed by atoms with Gasteiger partial charge in [0, 0.05) is 43.1 Å². The molecule has 1 aromatic carbocycles. The number of benzene rings is 1. The van der Waals surface area contributed by atoms with Crippen molar-refractivity contribution >= 4 is 29.5 Å². The van der Waals surface area contributed by atoms with Crippen molar-refractivity contribution in [2.24, 2.45) is 11.8 Å². The Morgan fingerprint density at radius 2 is 1.60 bits per heavy atom. The predicted octanol–water partition coefficient (Wildman–Crippen LogP) is 4.02. The maximum absolute atomic E-state index is 14.5. The molecule has 0 saturated carbocycles. The summed E-state index contributed by atoms with van der Waals surface area (Å²) in [5.41, 5.74) is 0.652. The molecule has 3 amide bonds. The minimum absolute atomic E-state index is 0.0135. The molecule has 5 atom stereocenters. The Labute approximate surface area is 242 Å². The fourth-order valence-corrected chi connectivity index (χ4v) is 9.27. The van der Waals surface area contributed by atoms with E-state index in [1.807, 2.05) is 67.0 Å². The van der Waals surface area contributed by atoms with Gasteiger partial charge in [-0.25, -0.2) is 0 Å². The molecule has 4 heterocycles. The topological polar surface area (TPSA) is 81.2 Å². The molecule has 4 aliphatic heterocycles. The fraction of sp³-hybridized carbons (Fsp3) is 0.594. The molecule has 4 aliphatic rings. The van der Waals surface area contributed by atoms with Crippen molar-refractivity contribution in [2.45, 2.75) is 81.0 Å². The van der Waals surface area contributed by atoms with Crippen molar-refractivity contribution in [1.82, 2.24) is 14.7 Å². The molecule has 2 saturated heterocycles. The predicted molar refractivity (Wildman–Crippen MR) is 158 cm³/mol. The molecule has 40 heavy (non-hydrogen) atoms. The SMILES string of the molecule is CC(C)(C)N1CC=C[C@]23S[C@]4(C)C=CCN(Cc5ccccc5)C(=O)[C@@H]4[C@H]2C(=O)N(CCCCCCO)C3C1=O. The van der Waals surface area contributed by atoms with Gasteiger partial charge in [0.15, 0.2) is 0 Å². The molecular weight excluding hydrogens is 522 g/mol. The summed E-state index contributed by atoms with van der Waals surface area (Å²) in [6.07, 6.45) is 11.6. The van der Waals surface area contributed by atoms with E-state index in [4.69, 9.17) is 0 Å². The van der Waals surface area contributed by atoms with Crippen LogP contribution in [0.25, 0.3) is 0 Å². The van der Waals surface area contributed by atoms with Crippen molar-refractivity contribution in [2.75, 3.05) is 26.2 Å². The van der Waals surface area contributed by atoms with Gasteiger partial charge in [-0.15, -0.1) is 11.8 Å². The molecule has 7 nitrogen and oxygen atoms in total. The molecule has 0 radical (unpaired) electrons. The van der Waals surface area contributed by atoms with Crippen LogP contribution < -0.4 is 0 Å². The fourth-order valence-electron chi connectivity index (χ4n) is 7.11. The van der Waals surface area contributed by atoms with Crippen molar-refractivity contribution in [3.05, 3.63) is 60.2 Å². The average molecular weight is 566 g/mol. The quantitative estimate of drug-likeness (QED) is 0.380. The zero-order valence-corrected chi connectivity index (χ0v) is 25.0. The molecule has 2 fully saturated rings. The summed E-state index contributed by atoms with van der Waals surface area (Å²) < 4.78 is -1.41. The van der Waals surface area contributed by atoms with E-state index in [0.29, 0.717) is 26.2 Å². The molecule has 5 rings (SSSR count). The van der Waals surface area contributed by atoms with Crippen LogP contribution in [-0.2, 0) is 20.9 Å². The number of aliphatic hydroxyl groups is 1. The number of rotatable bonds is 8. The van der Waals surface area contributed by atoms with Crippen molar-refractivity contribution in [3.63, 3.8) is 0 Å². The third-order valence-electron chi connectivity index (χ3n) is 8.97. The van der Waals surface area contributed by atoms with E-state index in [2.05, 4.69) is 25.2 Å². The molecule has 0 aliphatic carbocycles. The third kappa shape index (κ3) is 4.91. The minimum atomic E-state index is -0.811. The van der Waals surface area contributed by atoms with Gasteiger partial charge in [0.1, 0.15) is 6.04 Å². The number of unbranched alkanes of at least 4 members (excludes halogenated alkanes) is 3. The normalized spacial score (nSPS) is 31.8. The molecule has 1 aromatic rings. The van der Waals surface area contributed by atoms with Gasteiger partial charge >= 0.3 is 0 Å². The number of hydrogen-bond acceptors (Lipinski definition) is 5. The second-order valence-electron chi connectivity index (χ2n) is 12.8. The second kappa shape index (κ2) is 11.0. The van der Waals surface area contributed by atoms with Gasteiger partial charge in [-0.3, -0.25) is 14.4 Å². The Morgan fingerprint density at radius 1 is 0.900 bits per heavy atom. The second-order valence-corrected chi connectivity index (χ2v) is 14.6. The number of amides is 3. The first kappa shape index (κ1) is 28.9. The van der Waals surface area contributed by atoms with Crippen LogP contribution in [-0.4, -0.2) is 84.8 Å². The number of thioether (sulfide) groups is 1. The van der Waals surface area contributed by atoms with Crippen LogP contribution in [0.5, 0.6) is 0 Å². The third-order valence-corrected chi connectivity index (χ3v) is 10.8. The lowest BCUT2D eigenvalue weighted by Crippen LogP contribution is -2.57. The standard InChI is InChI=1S/C32H43N3O4S/c1-30(2,3)35-20-13-17-32-25(28(38)34(26(32)29(35)39)19-10-5-6-11-21-36)24-27(37)33(18-12-16-31(24,4)40-32)22-23-14-8-7-9-15-23/h7-9,12-17,24-26,36H,5-6,10-11,18-22H2,1-4H3/t24-,25-,26?,31+,32-/m0/s1. The van der Waals surface area contributed by atoms with Crippen molar-refractivity contribution in [3.8, 4) is 0 Å². The highest BCUT2D eigenvalue weighted by Crippen LogP contribution is 2.65. The van der Waals surface area contributed by atoms with Crippen LogP contribution in [0.15, 0.2) is 54.6 Å². The number of aliphatic hydroxyl groups excluding tert-OH is 1. The molecule has 216 valence electrons. The first-order valence-corrected chi connectivity index (χ1v) is 15.5. The summed E-state index contributed by atoms with van der Waals surface area (Å²) >= 11 is 1.64. The van der Waals surface area contributed by atoms with E-state index in [0.717, 1.165) is 31.2 Å². The lowest BCUT2D eigenvalue weighted by Gasteiger charge is -2.41. The molecule has 1 unspecified atom stereocenters. The maximum Gasteiger partial charge on any atom is 0.247 e. The Balaban J connectivity index is 1.54. The highest BCUT2D eigenvalue weighted by molar-refractivity contribution is 8.02. The van der Waals surface area contributed by atoms with E-state index in [9.17, 15) is 19.5 Å². The van der Waals surface area contributed by atoms with Gasteiger partial charge in [0.25, 0.3) is 0 Å². The highest BCUT2D eigenvalue weighted by Gasteiger charge is 2.74. The van der Waals surface area contributed by atoms with Crippen LogP contribution in [0.3, 0.4) is 0 Å². The van der Waals surface area contributed by atoms with E-state index in [1.165, 1.54) is 0 Å². The summed E-state index contributed by atoms with van der Waals surface area (Å²) in [5.74, 6) is -1.30. The smallest absolute Gasteiger partial charge is 0.247 e. The molecule has 8 heteroatoms. The first-order valence-electron chi connectivity index (χ1n) is 14.6. The zero-order valence-electron chi connectivity index (χ0n) is 24.2. The lowest BCUT2D eigenvalue weighted by molar-refractivity contribution is -0.146. The summed E-state index contributed by atoms with van der Waals surface area (Å²) in [5, 5.41) is 9.18. The van der Waals surface area contributed by atoms with Crippen LogP contribution >= 0.6 is 11.8 Å². The number of hydrogen-bond donors (Lipinski definition) is 1. The largest absolute Gasteiger partial charge is 0.396 e. The van der Waals surface area contributed by atoms with Crippen LogP contribution in [0.4, 0.5) is 0 Å². The van der Waals surface area contributed by atoms with E-state index >= 15 is 0 Å². The van der Waals surface area contributed by atoms with E-state index in [-0.39, 0.29) is 24.3 Å². The number of fused-ring (bicyclic) bond motifs is 2. The van der Waals surface area contributed by atoms with Crippen molar-refractivity contribution in [1.29, 1.82) is 0 Å². The van der Waals surface area contributed by atoms with Gasteiger partial charge in [-0.05, 0) is 46.1 Å². The van der Waals surface area contributed by atoms with Gasteiger partial charge in [-0.1, -0.05) is 67.5 Å². The summed E-state index contributed by atoms with van der Waals surface area (Å²) in [6.45, 7) is 10.3. The van der Waals surface area contributed by atoms with Gasteiger partial charge in [-0.2, -0.15) is 0 Å². The van der Waals surface area contributed by atoms with Gasteiger partial charge < -0.3 is 19.8 Å². The molecule has 1 spiro atoms. The van der Waals surface area contributed by atoms with Crippen LogP contribution in [0.1, 0.15) is 58.9 Å². The zero-order chi connectivity index (χ0) is 28.7. The molecule has 1 N–H and O–H groups in total. The Kier molecular flexibility index (Phi) is 7.96. The Hall–Kier alpha value is -2.58. The number of nitrogens with zero attached hydrogens (tertiary/aromatic N) is 3. The Morgan fingerprint density at radius 3 is 2.30 bits per heavy atom. The van der Waals surface area contributed by atoms with Gasteiger partial charge in [0.2, 0.25) is 17.7 Å². The monoisotopic (exact) mass is 565 g/mol. The van der Waals surface area contributed by atoms with Crippen LogP contribution in [0, 0.1) is 11.8 Å². The van der Waals surface area contributed by atoms with Crippen molar-refractivity contribution < 1.29 is 19.5 Å². The number of carbonyl (C=O) groups excluding carboxylic acids is 3. The molecular formula is C32H43N3O4S. The van der Waals surface area contributed by atoms with Crippen LogP contribution in [0.2, 0.25) is 0 Å². The highest BCUT2D eigenvalue weighted by atomic mass is 32.2. The summed E-state index contributed by atoms with van der Waals surface area (Å²) in [6, 6.07) is 9.31. The summed E-state index contributed by atoms with van der Waals surface area (Å²) in [4.78, 5) is 48.8. The molecule has 0 aromatic heterocycles. The maximum atomic E-state index is 14.5. The van der Waals surface area contributed by atoms with E-state index < -0.39 is 32.9 Å². The number of likely N-dealkylation sites (tertiary alicyclic amines) is 1. The van der Waals surface area contributed by atoms with E-state index in [1.54, 1.807) is 16.7 Å². The molecule has 0 bridgehead atoms. The van der Waals surface area contributed by atoms with Gasteiger partial charge in [0.05, 0.1) is 16.6 Å². The lowest BCUT2D eigenvalue weighted by atomic mass is 9.74. The average Bonchev–Trinajstić information content (AvgIpc) is 3.16. The first-order chi connectivity index (χ1) is 19.0. The number of carbonyl (C=O) groups is 3. The minimum Gasteiger partial charge on any atom is -0.396 e. The Bertz CT molecular complexity index is 1190.